The third kappa shape index (κ3) is 1.49. The average Bonchev–Trinajstić information content (AvgIpc) is 2.75. The molecule has 2 fully saturated rings. The van der Waals surface area contributed by atoms with Crippen LogP contribution in [0.5, 0.6) is 0 Å². The third-order valence-corrected chi connectivity index (χ3v) is 5.38. The molecule has 0 radical (unpaired) electrons. The Balaban J connectivity index is 1.96. The number of amides is 3. The Bertz CT molecular complexity index is 487. The molecule has 7 nitrogen and oxygen atoms in total. The topological polar surface area (TPSA) is 105 Å². The SMILES string of the molecule is CC1(C2(C(N)=O)N=CN3CCN(C(N)=O)CC32)CCC1. The van der Waals surface area contributed by atoms with Crippen LogP contribution in [0.2, 0.25) is 0 Å². The number of piperazine rings is 1. The molecule has 0 bridgehead atoms. The molecule has 3 amide bonds. The predicted molar refractivity (Wildman–Crippen MR) is 74.0 cm³/mol. The molecule has 2 heterocycles. The van der Waals surface area contributed by atoms with Gasteiger partial charge in [-0.1, -0.05) is 13.3 Å². The minimum Gasteiger partial charge on any atom is -0.367 e. The number of nitrogens with two attached hydrogens (primary N) is 2. The van der Waals surface area contributed by atoms with Crippen LogP contribution in [-0.4, -0.2) is 59.3 Å². The van der Waals surface area contributed by atoms with E-state index in [1.807, 2.05) is 4.90 Å². The number of urea groups is 1. The molecule has 0 aromatic rings. The monoisotopic (exact) mass is 279 g/mol. The molecule has 2 atom stereocenters. The van der Waals surface area contributed by atoms with E-state index < -0.39 is 17.5 Å². The maximum Gasteiger partial charge on any atom is 0.314 e. The molecule has 2 unspecified atom stereocenters. The standard InChI is InChI=1S/C13H21N5O2/c1-12(3-2-4-12)13(10(14)19)9-7-17(11(15)20)5-6-18(9)8-16-13/h8-9H,2-7H2,1H3,(H2,14,19)(H2,15,20). The number of aliphatic imine (C=N–C) groups is 1. The first-order valence-electron chi connectivity index (χ1n) is 7.06. The van der Waals surface area contributed by atoms with E-state index in [4.69, 9.17) is 11.5 Å². The highest BCUT2D eigenvalue weighted by Gasteiger charge is 2.64. The zero-order chi connectivity index (χ0) is 14.5. The number of hydrogen-bond acceptors (Lipinski definition) is 4. The molecule has 3 rings (SSSR count). The highest BCUT2D eigenvalue weighted by atomic mass is 16.2. The minimum atomic E-state index is -0.931. The molecule has 3 aliphatic rings. The van der Waals surface area contributed by atoms with E-state index in [2.05, 4.69) is 11.9 Å². The summed E-state index contributed by atoms with van der Waals surface area (Å²) in [6.07, 6.45) is 4.70. The summed E-state index contributed by atoms with van der Waals surface area (Å²) in [6.45, 7) is 3.69. The van der Waals surface area contributed by atoms with Crippen molar-refractivity contribution in [1.82, 2.24) is 9.80 Å². The van der Waals surface area contributed by atoms with Crippen LogP contribution in [0.4, 0.5) is 4.79 Å². The van der Waals surface area contributed by atoms with Crippen LogP contribution in [0.15, 0.2) is 4.99 Å². The Morgan fingerprint density at radius 2 is 2.00 bits per heavy atom. The summed E-state index contributed by atoms with van der Waals surface area (Å²) in [5.41, 5.74) is 9.98. The largest absolute Gasteiger partial charge is 0.367 e. The quantitative estimate of drug-likeness (QED) is 0.712. The Labute approximate surface area is 118 Å². The molecule has 4 N–H and O–H groups in total. The summed E-state index contributed by atoms with van der Waals surface area (Å²) in [6, 6.07) is -0.639. The van der Waals surface area contributed by atoms with Crippen molar-refractivity contribution in [2.75, 3.05) is 19.6 Å². The highest BCUT2D eigenvalue weighted by molar-refractivity contribution is 5.91. The number of carbonyl (C=O) groups is 2. The smallest absolute Gasteiger partial charge is 0.314 e. The van der Waals surface area contributed by atoms with Crippen LogP contribution >= 0.6 is 0 Å². The second-order valence-corrected chi connectivity index (χ2v) is 6.33. The van der Waals surface area contributed by atoms with Gasteiger partial charge in [0.25, 0.3) is 0 Å². The summed E-state index contributed by atoms with van der Waals surface area (Å²) in [4.78, 5) is 31.8. The zero-order valence-corrected chi connectivity index (χ0v) is 11.7. The van der Waals surface area contributed by atoms with Crippen LogP contribution in [0.3, 0.4) is 0 Å². The number of hydrogen-bond donors (Lipinski definition) is 2. The van der Waals surface area contributed by atoms with Gasteiger partial charge in [-0.2, -0.15) is 0 Å². The molecule has 1 aliphatic carbocycles. The van der Waals surface area contributed by atoms with Gasteiger partial charge < -0.3 is 21.3 Å². The highest BCUT2D eigenvalue weighted by Crippen LogP contribution is 2.54. The lowest BCUT2D eigenvalue weighted by atomic mass is 9.55. The molecular formula is C13H21N5O2. The van der Waals surface area contributed by atoms with Gasteiger partial charge in [-0.15, -0.1) is 0 Å². The van der Waals surface area contributed by atoms with Crippen LogP contribution in [0.1, 0.15) is 26.2 Å². The molecule has 0 aromatic carbocycles. The van der Waals surface area contributed by atoms with Gasteiger partial charge in [-0.25, -0.2) is 4.79 Å². The molecule has 0 spiro atoms. The molecule has 7 heteroatoms. The summed E-state index contributed by atoms with van der Waals surface area (Å²) in [5, 5.41) is 0. The van der Waals surface area contributed by atoms with E-state index >= 15 is 0 Å². The fourth-order valence-corrected chi connectivity index (χ4v) is 3.93. The Kier molecular flexibility index (Phi) is 2.71. The van der Waals surface area contributed by atoms with E-state index in [1.165, 1.54) is 0 Å². The number of rotatable bonds is 2. The molecule has 1 saturated carbocycles. The van der Waals surface area contributed by atoms with E-state index in [9.17, 15) is 9.59 Å². The van der Waals surface area contributed by atoms with Gasteiger partial charge in [0.05, 0.1) is 12.4 Å². The lowest BCUT2D eigenvalue weighted by molar-refractivity contribution is -0.134. The first kappa shape index (κ1) is 13.2. The molecule has 20 heavy (non-hydrogen) atoms. The van der Waals surface area contributed by atoms with Gasteiger partial charge in [0.1, 0.15) is 0 Å². The lowest BCUT2D eigenvalue weighted by Gasteiger charge is -2.53. The van der Waals surface area contributed by atoms with Crippen molar-refractivity contribution in [3.8, 4) is 0 Å². The average molecular weight is 279 g/mol. The number of carbonyl (C=O) groups excluding carboxylic acids is 2. The van der Waals surface area contributed by atoms with Crippen LogP contribution < -0.4 is 11.5 Å². The van der Waals surface area contributed by atoms with Gasteiger partial charge in [-0.05, 0) is 12.8 Å². The molecule has 1 saturated heterocycles. The van der Waals surface area contributed by atoms with Gasteiger partial charge in [0.15, 0.2) is 5.54 Å². The molecule has 0 aromatic heterocycles. The molecular weight excluding hydrogens is 258 g/mol. The Morgan fingerprint density at radius 3 is 2.50 bits per heavy atom. The third-order valence-electron chi connectivity index (χ3n) is 5.38. The van der Waals surface area contributed by atoms with Crippen molar-refractivity contribution in [1.29, 1.82) is 0 Å². The number of fused-ring (bicyclic) bond motifs is 1. The van der Waals surface area contributed by atoms with Gasteiger partial charge in [-0.3, -0.25) is 9.79 Å². The molecule has 2 aliphatic heterocycles. The van der Waals surface area contributed by atoms with Crippen molar-refractivity contribution in [2.24, 2.45) is 21.9 Å². The van der Waals surface area contributed by atoms with E-state index in [0.29, 0.717) is 19.6 Å². The van der Waals surface area contributed by atoms with Crippen molar-refractivity contribution in [3.05, 3.63) is 0 Å². The van der Waals surface area contributed by atoms with E-state index in [-0.39, 0.29) is 11.5 Å². The predicted octanol–water partition coefficient (Wildman–Crippen LogP) is -0.492. The number of nitrogens with zero attached hydrogens (tertiary/aromatic N) is 3. The number of primary amides is 2. The van der Waals surface area contributed by atoms with Crippen LogP contribution in [0.25, 0.3) is 0 Å². The fraction of sp³-hybridized carbons (Fsp3) is 0.769. The summed E-state index contributed by atoms with van der Waals surface area (Å²) in [7, 11) is 0. The normalized spacial score (nSPS) is 34.5. The zero-order valence-electron chi connectivity index (χ0n) is 11.7. The maximum atomic E-state index is 12.2. The summed E-state index contributed by atoms with van der Waals surface area (Å²) < 4.78 is 0. The molecule has 110 valence electrons. The van der Waals surface area contributed by atoms with Gasteiger partial charge in [0, 0.05) is 25.0 Å². The van der Waals surface area contributed by atoms with Crippen LogP contribution in [0, 0.1) is 5.41 Å². The van der Waals surface area contributed by atoms with Crippen molar-refractivity contribution < 1.29 is 9.59 Å². The second-order valence-electron chi connectivity index (χ2n) is 6.33. The fourth-order valence-electron chi connectivity index (χ4n) is 3.93. The maximum absolute atomic E-state index is 12.2. The van der Waals surface area contributed by atoms with Gasteiger partial charge in [0.2, 0.25) is 5.91 Å². The lowest BCUT2D eigenvalue weighted by Crippen LogP contribution is -2.69. The summed E-state index contributed by atoms with van der Waals surface area (Å²) in [5.74, 6) is -0.394. The minimum absolute atomic E-state index is 0.188. The van der Waals surface area contributed by atoms with Crippen molar-refractivity contribution in [2.45, 2.75) is 37.8 Å². The van der Waals surface area contributed by atoms with Crippen molar-refractivity contribution >= 4 is 18.3 Å². The van der Waals surface area contributed by atoms with Gasteiger partial charge >= 0.3 is 6.03 Å². The first-order chi connectivity index (χ1) is 9.41. The summed E-state index contributed by atoms with van der Waals surface area (Å²) >= 11 is 0. The van der Waals surface area contributed by atoms with Crippen LogP contribution in [-0.2, 0) is 4.79 Å². The van der Waals surface area contributed by atoms with E-state index in [0.717, 1.165) is 19.3 Å². The Hall–Kier alpha value is -1.79. The van der Waals surface area contributed by atoms with Crippen molar-refractivity contribution in [3.63, 3.8) is 0 Å². The van der Waals surface area contributed by atoms with E-state index in [1.54, 1.807) is 11.2 Å². The Morgan fingerprint density at radius 1 is 1.30 bits per heavy atom. The second kappa shape index (κ2) is 4.10. The first-order valence-corrected chi connectivity index (χ1v) is 7.06.